The number of aromatic nitrogens is 3. The van der Waals surface area contributed by atoms with E-state index in [1.807, 2.05) is 0 Å². The van der Waals surface area contributed by atoms with E-state index in [1.54, 1.807) is 0 Å². The number of halogens is 2. The van der Waals surface area contributed by atoms with E-state index < -0.39 is 11.6 Å². The van der Waals surface area contributed by atoms with Gasteiger partial charge in [0, 0.05) is 5.56 Å². The van der Waals surface area contributed by atoms with Crippen LogP contribution in [0.25, 0.3) is 0 Å². The highest BCUT2D eigenvalue weighted by molar-refractivity contribution is 5.19. The van der Waals surface area contributed by atoms with Crippen LogP contribution >= 0.6 is 0 Å². The molecule has 0 spiro atoms. The van der Waals surface area contributed by atoms with Gasteiger partial charge in [0.05, 0.1) is 19.3 Å². The Kier molecular flexibility index (Phi) is 2.91. The Morgan fingerprint density at radius 1 is 1.25 bits per heavy atom. The molecule has 1 N–H and O–H groups in total. The predicted octanol–water partition coefficient (Wildman–Crippen LogP) is 1.10. The average molecular weight is 225 g/mol. The van der Waals surface area contributed by atoms with E-state index in [-0.39, 0.29) is 18.7 Å². The maximum atomic E-state index is 13.3. The van der Waals surface area contributed by atoms with E-state index in [9.17, 15) is 8.78 Å². The van der Waals surface area contributed by atoms with Crippen molar-refractivity contribution in [3.8, 4) is 0 Å². The Hall–Kier alpha value is -1.82. The summed E-state index contributed by atoms with van der Waals surface area (Å²) in [5.74, 6) is -1.25. The monoisotopic (exact) mass is 225 g/mol. The molecule has 1 aromatic carbocycles. The molecule has 0 aliphatic rings. The molecular formula is C10H9F2N3O. The second kappa shape index (κ2) is 4.36. The Morgan fingerprint density at radius 2 is 1.94 bits per heavy atom. The van der Waals surface area contributed by atoms with Crippen molar-refractivity contribution < 1.29 is 13.9 Å². The Balaban J connectivity index is 2.26. The summed E-state index contributed by atoms with van der Waals surface area (Å²) in [6, 6.07) is 3.67. The first kappa shape index (κ1) is 10.7. The molecule has 1 heterocycles. The minimum Gasteiger partial charge on any atom is -0.390 e. The maximum absolute atomic E-state index is 13.3. The summed E-state index contributed by atoms with van der Waals surface area (Å²) in [7, 11) is 0. The smallest absolute Gasteiger partial charge is 0.131 e. The van der Waals surface area contributed by atoms with E-state index in [4.69, 9.17) is 5.11 Å². The van der Waals surface area contributed by atoms with Gasteiger partial charge in [-0.1, -0.05) is 11.3 Å². The van der Waals surface area contributed by atoms with Crippen molar-refractivity contribution >= 4 is 0 Å². The number of benzene rings is 1. The van der Waals surface area contributed by atoms with Crippen molar-refractivity contribution in [3.05, 3.63) is 47.3 Å². The topological polar surface area (TPSA) is 50.9 Å². The first-order valence-electron chi connectivity index (χ1n) is 4.63. The molecule has 0 saturated heterocycles. The molecule has 0 amide bonds. The largest absolute Gasteiger partial charge is 0.390 e. The predicted molar refractivity (Wildman–Crippen MR) is 51.4 cm³/mol. The van der Waals surface area contributed by atoms with Crippen molar-refractivity contribution in [2.75, 3.05) is 0 Å². The van der Waals surface area contributed by atoms with Gasteiger partial charge < -0.3 is 5.11 Å². The summed E-state index contributed by atoms with van der Waals surface area (Å²) < 4.78 is 27.8. The highest BCUT2D eigenvalue weighted by Crippen LogP contribution is 2.13. The summed E-state index contributed by atoms with van der Waals surface area (Å²) in [5.41, 5.74) is 0.286. The number of hydrogen-bond acceptors (Lipinski definition) is 3. The number of rotatable bonds is 3. The lowest BCUT2D eigenvalue weighted by Crippen LogP contribution is -2.05. The lowest BCUT2D eigenvalue weighted by atomic mass is 10.2. The van der Waals surface area contributed by atoms with Crippen molar-refractivity contribution in [2.24, 2.45) is 0 Å². The van der Waals surface area contributed by atoms with Crippen LogP contribution in [0.4, 0.5) is 8.78 Å². The van der Waals surface area contributed by atoms with Crippen molar-refractivity contribution in [1.29, 1.82) is 0 Å². The third kappa shape index (κ3) is 2.06. The van der Waals surface area contributed by atoms with Gasteiger partial charge in [-0.15, -0.1) is 5.10 Å². The summed E-state index contributed by atoms with van der Waals surface area (Å²) in [6.07, 6.45) is 1.44. The molecule has 0 aliphatic carbocycles. The quantitative estimate of drug-likeness (QED) is 0.850. The Bertz CT molecular complexity index is 478. The van der Waals surface area contributed by atoms with Gasteiger partial charge >= 0.3 is 0 Å². The second-order valence-electron chi connectivity index (χ2n) is 3.27. The van der Waals surface area contributed by atoms with Crippen LogP contribution in [0, 0.1) is 11.6 Å². The molecule has 4 nitrogen and oxygen atoms in total. The lowest BCUT2D eigenvalue weighted by molar-refractivity contribution is 0.276. The zero-order valence-corrected chi connectivity index (χ0v) is 8.27. The van der Waals surface area contributed by atoms with Gasteiger partial charge in [-0.25, -0.2) is 13.5 Å². The van der Waals surface area contributed by atoms with Crippen molar-refractivity contribution in [3.63, 3.8) is 0 Å². The molecule has 84 valence electrons. The normalized spacial score (nSPS) is 10.7. The molecule has 0 fully saturated rings. The van der Waals surface area contributed by atoms with E-state index >= 15 is 0 Å². The van der Waals surface area contributed by atoms with E-state index in [2.05, 4.69) is 10.3 Å². The molecular weight excluding hydrogens is 216 g/mol. The Labute approximate surface area is 90.1 Å². The molecule has 6 heteroatoms. The van der Waals surface area contributed by atoms with Crippen LogP contribution in [0.15, 0.2) is 24.4 Å². The molecule has 0 bridgehead atoms. The molecule has 1 aromatic heterocycles. The third-order valence-corrected chi connectivity index (χ3v) is 2.13. The van der Waals surface area contributed by atoms with Crippen LogP contribution < -0.4 is 0 Å². The fraction of sp³-hybridized carbons (Fsp3) is 0.200. The molecule has 0 unspecified atom stereocenters. The highest BCUT2D eigenvalue weighted by Gasteiger charge is 2.09. The van der Waals surface area contributed by atoms with Gasteiger partial charge in [0.1, 0.15) is 17.3 Å². The summed E-state index contributed by atoms with van der Waals surface area (Å²) in [5, 5.41) is 16.0. The van der Waals surface area contributed by atoms with Crippen molar-refractivity contribution in [2.45, 2.75) is 13.2 Å². The zero-order valence-electron chi connectivity index (χ0n) is 8.27. The molecule has 0 saturated carbocycles. The SMILES string of the molecule is OCc1cn(Cc2c(F)cccc2F)nn1. The maximum Gasteiger partial charge on any atom is 0.131 e. The van der Waals surface area contributed by atoms with Gasteiger partial charge in [0.15, 0.2) is 0 Å². The molecule has 2 rings (SSSR count). The number of aliphatic hydroxyl groups is 1. The highest BCUT2D eigenvalue weighted by atomic mass is 19.1. The fourth-order valence-electron chi connectivity index (χ4n) is 1.33. The van der Waals surface area contributed by atoms with Gasteiger partial charge in [0.25, 0.3) is 0 Å². The van der Waals surface area contributed by atoms with Crippen LogP contribution in [-0.2, 0) is 13.2 Å². The van der Waals surface area contributed by atoms with Gasteiger partial charge in [-0.05, 0) is 12.1 Å². The van der Waals surface area contributed by atoms with Crippen LogP contribution in [0.3, 0.4) is 0 Å². The summed E-state index contributed by atoms with van der Waals surface area (Å²) in [4.78, 5) is 0. The summed E-state index contributed by atoms with van der Waals surface area (Å²) >= 11 is 0. The molecule has 16 heavy (non-hydrogen) atoms. The molecule has 0 radical (unpaired) electrons. The number of nitrogens with zero attached hydrogens (tertiary/aromatic N) is 3. The second-order valence-corrected chi connectivity index (χ2v) is 3.27. The van der Waals surface area contributed by atoms with E-state index in [0.717, 1.165) is 0 Å². The average Bonchev–Trinajstić information content (AvgIpc) is 2.71. The van der Waals surface area contributed by atoms with Crippen LogP contribution in [-0.4, -0.2) is 20.1 Å². The van der Waals surface area contributed by atoms with Gasteiger partial charge in [-0.3, -0.25) is 0 Å². The van der Waals surface area contributed by atoms with Crippen LogP contribution in [0.5, 0.6) is 0 Å². The first-order chi connectivity index (χ1) is 7.70. The summed E-state index contributed by atoms with van der Waals surface area (Å²) in [6.45, 7) is -0.300. The third-order valence-electron chi connectivity index (χ3n) is 2.13. The molecule has 0 aliphatic heterocycles. The van der Waals surface area contributed by atoms with Gasteiger partial charge in [0.2, 0.25) is 0 Å². The minimum atomic E-state index is -0.624. The standard InChI is InChI=1S/C10H9F2N3O/c11-9-2-1-3-10(12)8(9)5-15-4-7(6-16)13-14-15/h1-4,16H,5-6H2. The van der Waals surface area contributed by atoms with Crippen molar-refractivity contribution in [1.82, 2.24) is 15.0 Å². The number of aliphatic hydroxyl groups excluding tert-OH is 1. The van der Waals surface area contributed by atoms with Crippen LogP contribution in [0.1, 0.15) is 11.3 Å². The van der Waals surface area contributed by atoms with E-state index in [0.29, 0.717) is 5.69 Å². The lowest BCUT2D eigenvalue weighted by Gasteiger charge is -2.03. The zero-order chi connectivity index (χ0) is 11.5. The Morgan fingerprint density at radius 3 is 2.50 bits per heavy atom. The van der Waals surface area contributed by atoms with Crippen LogP contribution in [0.2, 0.25) is 0 Å². The molecule has 0 atom stereocenters. The molecule has 2 aromatic rings. The van der Waals surface area contributed by atoms with Gasteiger partial charge in [-0.2, -0.15) is 0 Å². The van der Waals surface area contributed by atoms with E-state index in [1.165, 1.54) is 29.1 Å². The fourth-order valence-corrected chi connectivity index (χ4v) is 1.33. The first-order valence-corrected chi connectivity index (χ1v) is 4.63. The number of hydrogen-bond donors (Lipinski definition) is 1. The minimum absolute atomic E-state index is 0.0501.